The molecular formula is C17H16N2O3. The number of hydrogen-bond acceptors (Lipinski definition) is 4. The number of hydrogen-bond donors (Lipinski definition) is 2. The van der Waals surface area contributed by atoms with E-state index in [2.05, 4.69) is 10.5 Å². The van der Waals surface area contributed by atoms with Crippen LogP contribution in [-0.2, 0) is 11.2 Å². The molecule has 5 heteroatoms. The number of Topliss-reactive ketones (excluding diaryl/α,β-unsaturated/α-hetero) is 1. The standard InChI is InChI=1S/C17H16N2O3/c1-12(20)9-13-5-4-7-14(10-13)17(22)19-18-11-15-6-2-3-8-16(15)21/h2-8,10-11,21H,9H2,1H3,(H,19,22)/b18-11+. The van der Waals surface area contributed by atoms with Crippen molar-refractivity contribution in [2.75, 3.05) is 0 Å². The molecule has 2 aromatic carbocycles. The smallest absolute Gasteiger partial charge is 0.271 e. The number of phenols is 1. The Labute approximate surface area is 128 Å². The number of carbonyl (C=O) groups is 2. The summed E-state index contributed by atoms with van der Waals surface area (Å²) in [5.41, 5.74) is 4.10. The minimum absolute atomic E-state index is 0.0372. The average Bonchev–Trinajstić information content (AvgIpc) is 2.48. The first-order chi connectivity index (χ1) is 10.6. The molecule has 0 spiro atoms. The highest BCUT2D eigenvalue weighted by Gasteiger charge is 2.06. The Bertz CT molecular complexity index is 723. The van der Waals surface area contributed by atoms with Gasteiger partial charge in [0.05, 0.1) is 6.21 Å². The van der Waals surface area contributed by atoms with Crippen molar-refractivity contribution in [3.05, 3.63) is 65.2 Å². The van der Waals surface area contributed by atoms with Gasteiger partial charge in [0.2, 0.25) is 0 Å². The lowest BCUT2D eigenvalue weighted by Gasteiger charge is -2.03. The van der Waals surface area contributed by atoms with Crippen molar-refractivity contribution in [1.82, 2.24) is 5.43 Å². The van der Waals surface area contributed by atoms with Crippen molar-refractivity contribution in [3.63, 3.8) is 0 Å². The van der Waals surface area contributed by atoms with Crippen LogP contribution in [0, 0.1) is 0 Å². The summed E-state index contributed by atoms with van der Waals surface area (Å²) in [6.45, 7) is 1.50. The molecule has 22 heavy (non-hydrogen) atoms. The zero-order valence-electron chi connectivity index (χ0n) is 12.1. The lowest BCUT2D eigenvalue weighted by Crippen LogP contribution is -2.17. The molecule has 2 N–H and O–H groups in total. The van der Waals surface area contributed by atoms with E-state index >= 15 is 0 Å². The molecule has 2 rings (SSSR count). The van der Waals surface area contributed by atoms with Crippen LogP contribution in [-0.4, -0.2) is 23.0 Å². The second-order valence-electron chi connectivity index (χ2n) is 4.84. The van der Waals surface area contributed by atoms with Gasteiger partial charge in [0, 0.05) is 17.5 Å². The molecule has 0 aliphatic rings. The summed E-state index contributed by atoms with van der Waals surface area (Å²) in [6.07, 6.45) is 1.66. The lowest BCUT2D eigenvalue weighted by molar-refractivity contribution is -0.116. The van der Waals surface area contributed by atoms with Crippen molar-refractivity contribution < 1.29 is 14.7 Å². The third-order valence-electron chi connectivity index (χ3n) is 2.95. The van der Waals surface area contributed by atoms with E-state index in [1.807, 2.05) is 0 Å². The molecule has 1 amide bonds. The van der Waals surface area contributed by atoms with E-state index in [0.717, 1.165) is 5.56 Å². The van der Waals surface area contributed by atoms with Crippen LogP contribution in [0.1, 0.15) is 28.4 Å². The number of rotatable bonds is 5. The Morgan fingerprint density at radius 2 is 1.95 bits per heavy atom. The van der Waals surface area contributed by atoms with Crippen LogP contribution in [0.2, 0.25) is 0 Å². The number of benzene rings is 2. The van der Waals surface area contributed by atoms with Crippen LogP contribution in [0.15, 0.2) is 53.6 Å². The van der Waals surface area contributed by atoms with Gasteiger partial charge in [-0.1, -0.05) is 24.3 Å². The summed E-state index contributed by atoms with van der Waals surface area (Å²) in [5.74, 6) is -0.254. The summed E-state index contributed by atoms with van der Waals surface area (Å²) in [6, 6.07) is 13.5. The maximum absolute atomic E-state index is 12.0. The maximum atomic E-state index is 12.0. The number of hydrazone groups is 1. The maximum Gasteiger partial charge on any atom is 0.271 e. The highest BCUT2D eigenvalue weighted by Crippen LogP contribution is 2.12. The molecule has 0 heterocycles. The Hall–Kier alpha value is -2.95. The first-order valence-corrected chi connectivity index (χ1v) is 6.76. The molecule has 0 saturated heterocycles. The van der Waals surface area contributed by atoms with Gasteiger partial charge in [-0.05, 0) is 36.8 Å². The summed E-state index contributed by atoms with van der Waals surface area (Å²) in [5, 5.41) is 13.4. The molecule has 112 valence electrons. The number of ketones is 1. The Kier molecular flexibility index (Phi) is 5.03. The van der Waals surface area contributed by atoms with Crippen LogP contribution in [0.3, 0.4) is 0 Å². The van der Waals surface area contributed by atoms with Gasteiger partial charge in [-0.3, -0.25) is 9.59 Å². The van der Waals surface area contributed by atoms with E-state index < -0.39 is 0 Å². The van der Waals surface area contributed by atoms with Crippen molar-refractivity contribution in [3.8, 4) is 5.75 Å². The second kappa shape index (κ2) is 7.17. The first-order valence-electron chi connectivity index (χ1n) is 6.76. The quantitative estimate of drug-likeness (QED) is 0.656. The molecule has 0 atom stereocenters. The molecule has 2 aromatic rings. The predicted molar refractivity (Wildman–Crippen MR) is 84.0 cm³/mol. The fourth-order valence-electron chi connectivity index (χ4n) is 1.93. The van der Waals surface area contributed by atoms with Gasteiger partial charge < -0.3 is 5.11 Å². The number of aromatic hydroxyl groups is 1. The highest BCUT2D eigenvalue weighted by molar-refractivity contribution is 5.95. The molecule has 0 unspecified atom stereocenters. The number of para-hydroxylation sites is 1. The minimum Gasteiger partial charge on any atom is -0.507 e. The number of amides is 1. The summed E-state index contributed by atoms with van der Waals surface area (Å²) in [7, 11) is 0. The van der Waals surface area contributed by atoms with Gasteiger partial charge in [0.15, 0.2) is 0 Å². The molecule has 0 bridgehead atoms. The van der Waals surface area contributed by atoms with Gasteiger partial charge in [0.25, 0.3) is 5.91 Å². The van der Waals surface area contributed by atoms with Crippen LogP contribution in [0.4, 0.5) is 0 Å². The summed E-state index contributed by atoms with van der Waals surface area (Å²) >= 11 is 0. The van der Waals surface area contributed by atoms with Crippen LogP contribution in [0.25, 0.3) is 0 Å². The van der Waals surface area contributed by atoms with Crippen LogP contribution < -0.4 is 5.43 Å². The zero-order valence-corrected chi connectivity index (χ0v) is 12.1. The van der Waals surface area contributed by atoms with Gasteiger partial charge in [-0.25, -0.2) is 5.43 Å². The van der Waals surface area contributed by atoms with E-state index in [1.165, 1.54) is 19.2 Å². The molecule has 5 nitrogen and oxygen atoms in total. The monoisotopic (exact) mass is 296 g/mol. The number of nitrogens with one attached hydrogen (secondary N) is 1. The molecule has 0 aliphatic heterocycles. The highest BCUT2D eigenvalue weighted by atomic mass is 16.3. The SMILES string of the molecule is CC(=O)Cc1cccc(C(=O)N/N=C/c2ccccc2O)c1. The fourth-order valence-corrected chi connectivity index (χ4v) is 1.93. The minimum atomic E-state index is -0.378. The van der Waals surface area contributed by atoms with Crippen LogP contribution in [0.5, 0.6) is 5.75 Å². The van der Waals surface area contributed by atoms with Crippen molar-refractivity contribution >= 4 is 17.9 Å². The molecular weight excluding hydrogens is 280 g/mol. The number of nitrogens with zero attached hydrogens (tertiary/aromatic N) is 1. The molecule has 0 aromatic heterocycles. The van der Waals surface area contributed by atoms with Crippen LogP contribution >= 0.6 is 0 Å². The van der Waals surface area contributed by atoms with Crippen molar-refractivity contribution in [1.29, 1.82) is 0 Å². The lowest BCUT2D eigenvalue weighted by atomic mass is 10.1. The molecule has 0 saturated carbocycles. The Morgan fingerprint density at radius 1 is 1.18 bits per heavy atom. The third kappa shape index (κ3) is 4.28. The molecule has 0 radical (unpaired) electrons. The van der Waals surface area contributed by atoms with Crippen molar-refractivity contribution in [2.24, 2.45) is 5.10 Å². The fraction of sp³-hybridized carbons (Fsp3) is 0.118. The van der Waals surface area contributed by atoms with E-state index in [-0.39, 0.29) is 17.4 Å². The number of phenolic OH excluding ortho intramolecular Hbond substituents is 1. The van der Waals surface area contributed by atoms with E-state index in [1.54, 1.807) is 42.5 Å². The summed E-state index contributed by atoms with van der Waals surface area (Å²) < 4.78 is 0. The Balaban J connectivity index is 2.03. The normalized spacial score (nSPS) is 10.6. The zero-order chi connectivity index (χ0) is 15.9. The molecule has 0 fully saturated rings. The molecule has 0 aliphatic carbocycles. The first kappa shape index (κ1) is 15.4. The van der Waals surface area contributed by atoms with Gasteiger partial charge in [0.1, 0.15) is 11.5 Å². The topological polar surface area (TPSA) is 78.8 Å². The average molecular weight is 296 g/mol. The van der Waals surface area contributed by atoms with E-state index in [0.29, 0.717) is 17.5 Å². The predicted octanol–water partition coefficient (Wildman–Crippen LogP) is 2.29. The second-order valence-corrected chi connectivity index (χ2v) is 4.84. The number of carbonyl (C=O) groups excluding carboxylic acids is 2. The van der Waals surface area contributed by atoms with E-state index in [9.17, 15) is 14.7 Å². The van der Waals surface area contributed by atoms with Gasteiger partial charge in [-0.2, -0.15) is 5.10 Å². The third-order valence-corrected chi connectivity index (χ3v) is 2.95. The summed E-state index contributed by atoms with van der Waals surface area (Å²) in [4.78, 5) is 23.1. The van der Waals surface area contributed by atoms with Gasteiger partial charge >= 0.3 is 0 Å². The van der Waals surface area contributed by atoms with Gasteiger partial charge in [-0.15, -0.1) is 0 Å². The van der Waals surface area contributed by atoms with E-state index in [4.69, 9.17) is 0 Å². The Morgan fingerprint density at radius 3 is 2.68 bits per heavy atom. The largest absolute Gasteiger partial charge is 0.507 e. The van der Waals surface area contributed by atoms with Crippen molar-refractivity contribution in [2.45, 2.75) is 13.3 Å².